The lowest BCUT2D eigenvalue weighted by Gasteiger charge is -2.20. The summed E-state index contributed by atoms with van der Waals surface area (Å²) >= 11 is 0. The first-order valence-corrected chi connectivity index (χ1v) is 4.53. The lowest BCUT2D eigenvalue weighted by atomic mass is 9.83. The van der Waals surface area contributed by atoms with Crippen molar-refractivity contribution in [3.8, 4) is 11.8 Å². The van der Waals surface area contributed by atoms with Gasteiger partial charge in [0.1, 0.15) is 5.75 Å². The molecule has 1 aromatic carbocycles. The van der Waals surface area contributed by atoms with Gasteiger partial charge in [0.05, 0.1) is 12.0 Å². The van der Waals surface area contributed by atoms with Crippen molar-refractivity contribution in [2.75, 3.05) is 0 Å². The van der Waals surface area contributed by atoms with Crippen molar-refractivity contribution in [1.29, 1.82) is 5.26 Å². The van der Waals surface area contributed by atoms with E-state index in [1.54, 1.807) is 6.07 Å². The molecular weight excluding hydrogens is 162 g/mol. The minimum absolute atomic E-state index is 0.0177. The molecule has 1 aliphatic rings. The van der Waals surface area contributed by atoms with Gasteiger partial charge in [-0.25, -0.2) is 0 Å². The second kappa shape index (κ2) is 3.10. The topological polar surface area (TPSA) is 44.0 Å². The molecule has 0 heterocycles. The maximum absolute atomic E-state index is 9.56. The monoisotopic (exact) mass is 173 g/mol. The quantitative estimate of drug-likeness (QED) is 0.654. The molecule has 1 aromatic rings. The fraction of sp³-hybridized carbons (Fsp3) is 0.364. The molecule has 66 valence electrons. The van der Waals surface area contributed by atoms with Gasteiger partial charge in [0, 0.05) is 0 Å². The standard InChI is InChI=1S/C11H11NO/c12-7-8-3-1-5-10-9(8)4-2-6-11(10)13/h2,4,6,8,13H,1,3,5H2. The van der Waals surface area contributed by atoms with E-state index in [1.165, 1.54) is 0 Å². The van der Waals surface area contributed by atoms with Crippen LogP contribution < -0.4 is 0 Å². The van der Waals surface area contributed by atoms with Gasteiger partial charge in [0.15, 0.2) is 0 Å². The van der Waals surface area contributed by atoms with Crippen LogP contribution in [-0.4, -0.2) is 5.11 Å². The van der Waals surface area contributed by atoms with E-state index in [1.807, 2.05) is 12.1 Å². The highest BCUT2D eigenvalue weighted by molar-refractivity contribution is 5.44. The Kier molecular flexibility index (Phi) is 1.94. The predicted octanol–water partition coefficient (Wildman–Crippen LogP) is 2.34. The van der Waals surface area contributed by atoms with E-state index in [9.17, 15) is 5.11 Å². The van der Waals surface area contributed by atoms with Crippen molar-refractivity contribution >= 4 is 0 Å². The van der Waals surface area contributed by atoms with Crippen molar-refractivity contribution in [1.82, 2.24) is 0 Å². The summed E-state index contributed by atoms with van der Waals surface area (Å²) in [4.78, 5) is 0. The molecular formula is C11H11NO. The summed E-state index contributed by atoms with van der Waals surface area (Å²) in [5.74, 6) is 0.327. The van der Waals surface area contributed by atoms with Crippen molar-refractivity contribution in [2.45, 2.75) is 25.2 Å². The number of hydrogen-bond acceptors (Lipinski definition) is 2. The Labute approximate surface area is 77.4 Å². The summed E-state index contributed by atoms with van der Waals surface area (Å²) in [6.07, 6.45) is 2.83. The summed E-state index contributed by atoms with van der Waals surface area (Å²) in [6.45, 7) is 0. The smallest absolute Gasteiger partial charge is 0.119 e. The van der Waals surface area contributed by atoms with Crippen molar-refractivity contribution < 1.29 is 5.11 Å². The molecule has 0 saturated heterocycles. The van der Waals surface area contributed by atoms with Gasteiger partial charge >= 0.3 is 0 Å². The molecule has 0 saturated carbocycles. The van der Waals surface area contributed by atoms with Crippen molar-refractivity contribution in [2.24, 2.45) is 0 Å². The molecule has 1 aliphatic carbocycles. The van der Waals surface area contributed by atoms with Gasteiger partial charge in [-0.1, -0.05) is 12.1 Å². The number of aromatic hydroxyl groups is 1. The van der Waals surface area contributed by atoms with Crippen LogP contribution in [0.5, 0.6) is 5.75 Å². The molecule has 0 radical (unpaired) electrons. The van der Waals surface area contributed by atoms with Crippen LogP contribution in [0.4, 0.5) is 0 Å². The highest BCUT2D eigenvalue weighted by atomic mass is 16.3. The van der Waals surface area contributed by atoms with E-state index in [0.717, 1.165) is 30.4 Å². The van der Waals surface area contributed by atoms with Gasteiger partial charge in [-0.2, -0.15) is 5.26 Å². The van der Waals surface area contributed by atoms with Crippen LogP contribution in [0.2, 0.25) is 0 Å². The highest BCUT2D eigenvalue weighted by Crippen LogP contribution is 2.35. The Balaban J connectivity index is 2.53. The second-order valence-electron chi connectivity index (χ2n) is 3.42. The van der Waals surface area contributed by atoms with Gasteiger partial charge in [0.25, 0.3) is 0 Å². The Morgan fingerprint density at radius 1 is 1.46 bits per heavy atom. The molecule has 1 unspecified atom stereocenters. The van der Waals surface area contributed by atoms with Gasteiger partial charge in [-0.3, -0.25) is 0 Å². The largest absolute Gasteiger partial charge is 0.508 e. The average Bonchev–Trinajstić information content (AvgIpc) is 2.18. The average molecular weight is 173 g/mol. The molecule has 0 spiro atoms. The van der Waals surface area contributed by atoms with E-state index in [2.05, 4.69) is 6.07 Å². The van der Waals surface area contributed by atoms with E-state index in [0.29, 0.717) is 5.75 Å². The molecule has 0 aromatic heterocycles. The SMILES string of the molecule is N#CC1CCCc2c(O)cccc21. The minimum atomic E-state index is -0.0177. The Bertz CT molecular complexity index is 365. The minimum Gasteiger partial charge on any atom is -0.508 e. The van der Waals surface area contributed by atoms with Gasteiger partial charge < -0.3 is 5.11 Å². The first-order valence-electron chi connectivity index (χ1n) is 4.53. The van der Waals surface area contributed by atoms with E-state index in [4.69, 9.17) is 5.26 Å². The fourth-order valence-electron chi connectivity index (χ4n) is 1.96. The van der Waals surface area contributed by atoms with Crippen LogP contribution in [-0.2, 0) is 6.42 Å². The number of rotatable bonds is 0. The number of phenols is 1. The number of fused-ring (bicyclic) bond motifs is 1. The molecule has 2 rings (SSSR count). The lowest BCUT2D eigenvalue weighted by Crippen LogP contribution is -2.07. The summed E-state index contributed by atoms with van der Waals surface area (Å²) in [7, 11) is 0. The lowest BCUT2D eigenvalue weighted by molar-refractivity contribution is 0.460. The molecule has 1 atom stereocenters. The molecule has 0 amide bonds. The van der Waals surface area contributed by atoms with Crippen LogP contribution in [0.3, 0.4) is 0 Å². The number of benzene rings is 1. The number of hydrogen-bond donors (Lipinski definition) is 1. The third-order valence-electron chi connectivity index (χ3n) is 2.64. The van der Waals surface area contributed by atoms with Crippen molar-refractivity contribution in [3.63, 3.8) is 0 Å². The Morgan fingerprint density at radius 3 is 3.08 bits per heavy atom. The second-order valence-corrected chi connectivity index (χ2v) is 3.42. The number of phenolic OH excluding ortho intramolecular Hbond substituents is 1. The summed E-state index contributed by atoms with van der Waals surface area (Å²) < 4.78 is 0. The molecule has 1 N–H and O–H groups in total. The van der Waals surface area contributed by atoms with E-state index in [-0.39, 0.29) is 5.92 Å². The van der Waals surface area contributed by atoms with Crippen LogP contribution in [0.1, 0.15) is 29.9 Å². The molecule has 2 heteroatoms. The fourth-order valence-corrected chi connectivity index (χ4v) is 1.96. The summed E-state index contributed by atoms with van der Waals surface area (Å²) in [5, 5.41) is 18.5. The zero-order valence-corrected chi connectivity index (χ0v) is 7.33. The van der Waals surface area contributed by atoms with E-state index < -0.39 is 0 Å². The molecule has 13 heavy (non-hydrogen) atoms. The van der Waals surface area contributed by atoms with E-state index >= 15 is 0 Å². The molecule has 2 nitrogen and oxygen atoms in total. The van der Waals surface area contributed by atoms with Gasteiger partial charge in [-0.05, 0) is 36.5 Å². The maximum Gasteiger partial charge on any atom is 0.119 e. The number of nitriles is 1. The molecule has 0 aliphatic heterocycles. The van der Waals surface area contributed by atoms with Crippen LogP contribution in [0.15, 0.2) is 18.2 Å². The summed E-state index contributed by atoms with van der Waals surface area (Å²) in [5.41, 5.74) is 1.99. The molecule has 0 fully saturated rings. The predicted molar refractivity (Wildman–Crippen MR) is 49.4 cm³/mol. The third kappa shape index (κ3) is 1.27. The highest BCUT2D eigenvalue weighted by Gasteiger charge is 2.21. The maximum atomic E-state index is 9.56. The molecule has 0 bridgehead atoms. The first kappa shape index (κ1) is 8.12. The first-order chi connectivity index (χ1) is 6.33. The van der Waals surface area contributed by atoms with Crippen molar-refractivity contribution in [3.05, 3.63) is 29.3 Å². The van der Waals surface area contributed by atoms with Gasteiger partial charge in [-0.15, -0.1) is 0 Å². The third-order valence-corrected chi connectivity index (χ3v) is 2.64. The van der Waals surface area contributed by atoms with Gasteiger partial charge in [0.2, 0.25) is 0 Å². The van der Waals surface area contributed by atoms with Crippen LogP contribution in [0.25, 0.3) is 0 Å². The zero-order valence-electron chi connectivity index (χ0n) is 7.33. The number of nitrogens with zero attached hydrogens (tertiary/aromatic N) is 1. The van der Waals surface area contributed by atoms with Crippen LogP contribution in [0, 0.1) is 11.3 Å². The zero-order chi connectivity index (χ0) is 9.26. The Morgan fingerprint density at radius 2 is 2.31 bits per heavy atom. The van der Waals surface area contributed by atoms with Crippen LogP contribution >= 0.6 is 0 Å². The Hall–Kier alpha value is -1.49. The normalized spacial score (nSPS) is 20.4. The summed E-state index contributed by atoms with van der Waals surface area (Å²) in [6, 6.07) is 7.73.